The summed E-state index contributed by atoms with van der Waals surface area (Å²) in [6.45, 7) is 14.4. The van der Waals surface area contributed by atoms with Crippen LogP contribution in [0.25, 0.3) is 0 Å². The Bertz CT molecular complexity index is 578. The van der Waals surface area contributed by atoms with Crippen molar-refractivity contribution in [2.45, 2.75) is 189 Å². The lowest BCUT2D eigenvalue weighted by atomic mass is 10.1. The maximum atomic E-state index is 11.3. The van der Waals surface area contributed by atoms with Gasteiger partial charge in [-0.15, -0.1) is 0 Å². The van der Waals surface area contributed by atoms with Gasteiger partial charge < -0.3 is 29.9 Å². The number of rotatable bonds is 30. The molecular weight excluding hydrogens is 610 g/mol. The van der Waals surface area contributed by atoms with E-state index >= 15 is 0 Å². The van der Waals surface area contributed by atoms with Crippen LogP contribution in [0.2, 0.25) is 0 Å². The summed E-state index contributed by atoms with van der Waals surface area (Å²) in [4.78, 5) is 24.1. The zero-order valence-corrected chi connectivity index (χ0v) is 32.7. The van der Waals surface area contributed by atoms with Crippen molar-refractivity contribution < 1.29 is 39.5 Å². The standard InChI is InChI=1S/C17H34O2.C14H28O2.C6H15NO3.C2H6O/c1-4-5-6-7-8-9-10-11-12-13-14-15-17(18)19-16(2)3;1-3-5-6-7-8-9-10-11-12-13-14(15)16-4-2;8-4-1-7(2-5-9)3-6-10;1-2-3/h16H,4-15H2,1-3H3;3-13H2,1-2H3;8-10H,1-6H2;3H,2H2,1H3. The van der Waals surface area contributed by atoms with E-state index in [0.717, 1.165) is 12.8 Å². The van der Waals surface area contributed by atoms with Crippen molar-refractivity contribution in [1.29, 1.82) is 0 Å². The summed E-state index contributed by atoms with van der Waals surface area (Å²) in [6, 6.07) is 0. The first-order valence-electron chi connectivity index (χ1n) is 19.7. The molecule has 0 aliphatic heterocycles. The third-order valence-electron chi connectivity index (χ3n) is 7.39. The molecule has 0 bridgehead atoms. The van der Waals surface area contributed by atoms with Gasteiger partial charge in [0.1, 0.15) is 0 Å². The molecule has 0 heterocycles. The molecule has 292 valence electrons. The zero-order chi connectivity index (χ0) is 36.9. The van der Waals surface area contributed by atoms with Crippen molar-refractivity contribution in [2.24, 2.45) is 0 Å². The largest absolute Gasteiger partial charge is 0.466 e. The molecule has 48 heavy (non-hydrogen) atoms. The van der Waals surface area contributed by atoms with Crippen molar-refractivity contribution in [1.82, 2.24) is 4.90 Å². The lowest BCUT2D eigenvalue weighted by molar-refractivity contribution is -0.147. The maximum absolute atomic E-state index is 11.3. The van der Waals surface area contributed by atoms with Gasteiger partial charge in [0.2, 0.25) is 0 Å². The smallest absolute Gasteiger partial charge is 0.306 e. The molecule has 0 saturated carbocycles. The number of nitrogens with zero attached hydrogens (tertiary/aromatic N) is 1. The highest BCUT2D eigenvalue weighted by Crippen LogP contribution is 2.13. The Morgan fingerprint density at radius 2 is 0.792 bits per heavy atom. The average molecular weight is 694 g/mol. The van der Waals surface area contributed by atoms with Crippen molar-refractivity contribution >= 4 is 11.9 Å². The van der Waals surface area contributed by atoms with Crippen LogP contribution in [0.4, 0.5) is 0 Å². The summed E-state index contributed by atoms with van der Waals surface area (Å²) in [7, 11) is 0. The quantitative estimate of drug-likeness (QED) is 0.0432. The van der Waals surface area contributed by atoms with Crippen molar-refractivity contribution in [2.75, 3.05) is 52.7 Å². The van der Waals surface area contributed by atoms with Gasteiger partial charge in [-0.2, -0.15) is 0 Å². The van der Waals surface area contributed by atoms with Crippen LogP contribution in [0.3, 0.4) is 0 Å². The predicted molar refractivity (Wildman–Crippen MR) is 201 cm³/mol. The van der Waals surface area contributed by atoms with Gasteiger partial charge in [-0.3, -0.25) is 14.5 Å². The number of hydrogen-bond acceptors (Lipinski definition) is 9. The van der Waals surface area contributed by atoms with Gasteiger partial charge in [0.15, 0.2) is 0 Å². The monoisotopic (exact) mass is 694 g/mol. The zero-order valence-electron chi connectivity index (χ0n) is 32.7. The average Bonchev–Trinajstić information content (AvgIpc) is 3.04. The van der Waals surface area contributed by atoms with Crippen molar-refractivity contribution in [3.05, 3.63) is 0 Å². The van der Waals surface area contributed by atoms with Gasteiger partial charge in [-0.25, -0.2) is 0 Å². The van der Waals surface area contributed by atoms with Crippen LogP contribution in [-0.4, -0.2) is 96.0 Å². The fraction of sp³-hybridized carbons (Fsp3) is 0.949. The SMILES string of the molecule is CCCCCCCCCCCC(=O)OCC.CCCCCCCCCCCCCC(=O)OC(C)C.CCO.OCCN(CCO)CCO. The molecule has 0 unspecified atom stereocenters. The van der Waals surface area contributed by atoms with Crippen LogP contribution in [0.15, 0.2) is 0 Å². The Hall–Kier alpha value is -1.26. The molecule has 0 atom stereocenters. The van der Waals surface area contributed by atoms with Crippen molar-refractivity contribution in [3.8, 4) is 0 Å². The number of carbonyl (C=O) groups is 2. The Morgan fingerprint density at radius 3 is 1.06 bits per heavy atom. The predicted octanol–water partition coefficient (Wildman–Crippen LogP) is 8.37. The lowest BCUT2D eigenvalue weighted by Crippen LogP contribution is -2.32. The van der Waals surface area contributed by atoms with E-state index in [0.29, 0.717) is 39.1 Å². The molecule has 9 nitrogen and oxygen atoms in total. The first-order chi connectivity index (χ1) is 23.2. The first-order valence-corrected chi connectivity index (χ1v) is 19.7. The highest BCUT2D eigenvalue weighted by atomic mass is 16.5. The molecule has 0 aliphatic carbocycles. The number of esters is 2. The molecule has 0 spiro atoms. The van der Waals surface area contributed by atoms with E-state index < -0.39 is 0 Å². The first kappa shape index (κ1) is 53.5. The molecule has 9 heteroatoms. The third-order valence-corrected chi connectivity index (χ3v) is 7.39. The number of aliphatic hydroxyl groups excluding tert-OH is 4. The van der Waals surface area contributed by atoms with E-state index in [2.05, 4.69) is 13.8 Å². The molecule has 0 radical (unpaired) electrons. The van der Waals surface area contributed by atoms with Gasteiger partial charge in [0.25, 0.3) is 0 Å². The molecule has 0 rings (SSSR count). The second kappa shape index (κ2) is 50.1. The Labute approximate surface area is 297 Å². The summed E-state index contributed by atoms with van der Waals surface area (Å²) in [5.74, 6) is -0.0728. The van der Waals surface area contributed by atoms with Gasteiger partial charge >= 0.3 is 11.9 Å². The van der Waals surface area contributed by atoms with Gasteiger partial charge in [0.05, 0.1) is 32.5 Å². The van der Waals surface area contributed by atoms with Gasteiger partial charge in [0, 0.05) is 39.1 Å². The maximum Gasteiger partial charge on any atom is 0.306 e. The number of unbranched alkanes of at least 4 members (excludes halogenated alkanes) is 18. The Morgan fingerprint density at radius 1 is 0.500 bits per heavy atom. The third kappa shape index (κ3) is 57.0. The van der Waals surface area contributed by atoms with E-state index in [9.17, 15) is 9.59 Å². The van der Waals surface area contributed by atoms with Crippen LogP contribution in [0.1, 0.15) is 183 Å². The molecule has 0 aromatic heterocycles. The molecule has 0 amide bonds. The topological polar surface area (TPSA) is 137 Å². The van der Waals surface area contributed by atoms with E-state index in [1.807, 2.05) is 20.8 Å². The van der Waals surface area contributed by atoms with E-state index in [1.165, 1.54) is 116 Å². The molecule has 0 saturated heterocycles. The van der Waals surface area contributed by atoms with Crippen molar-refractivity contribution in [3.63, 3.8) is 0 Å². The van der Waals surface area contributed by atoms with Crippen LogP contribution in [0, 0.1) is 0 Å². The Balaban J connectivity index is -0.000000302. The second-order valence-electron chi connectivity index (χ2n) is 12.5. The van der Waals surface area contributed by atoms with Crippen LogP contribution in [0.5, 0.6) is 0 Å². The minimum absolute atomic E-state index is 0.0280. The molecule has 0 aromatic carbocycles. The van der Waals surface area contributed by atoms with Crippen LogP contribution in [-0.2, 0) is 19.1 Å². The number of hydrogen-bond donors (Lipinski definition) is 4. The Kier molecular flexibility index (Phi) is 55.9. The fourth-order valence-electron chi connectivity index (χ4n) is 4.83. The highest BCUT2D eigenvalue weighted by Gasteiger charge is 2.04. The molecular formula is C39H83NO8. The summed E-state index contributed by atoms with van der Waals surface area (Å²) < 4.78 is 9.98. The molecule has 4 N–H and O–H groups in total. The summed E-state index contributed by atoms with van der Waals surface area (Å²) in [6.07, 6.45) is 27.3. The minimum Gasteiger partial charge on any atom is -0.466 e. The highest BCUT2D eigenvalue weighted by molar-refractivity contribution is 5.69. The van der Waals surface area contributed by atoms with Crippen LogP contribution < -0.4 is 0 Å². The fourth-order valence-corrected chi connectivity index (χ4v) is 4.83. The number of aliphatic hydroxyl groups is 4. The molecule has 0 fully saturated rings. The van der Waals surface area contributed by atoms with E-state index in [-0.39, 0.29) is 44.5 Å². The minimum atomic E-state index is -0.0366. The normalized spacial score (nSPS) is 10.4. The van der Waals surface area contributed by atoms with E-state index in [1.54, 1.807) is 11.8 Å². The summed E-state index contributed by atoms with van der Waals surface area (Å²) >= 11 is 0. The van der Waals surface area contributed by atoms with Gasteiger partial charge in [-0.05, 0) is 40.5 Å². The number of carbonyl (C=O) groups excluding carboxylic acids is 2. The number of ether oxygens (including phenoxy) is 2. The molecule has 0 aromatic rings. The summed E-state index contributed by atoms with van der Waals surface area (Å²) in [5.41, 5.74) is 0. The van der Waals surface area contributed by atoms with E-state index in [4.69, 9.17) is 29.9 Å². The summed E-state index contributed by atoms with van der Waals surface area (Å²) in [5, 5.41) is 33.0. The second-order valence-corrected chi connectivity index (χ2v) is 12.5. The van der Waals surface area contributed by atoms with Crippen LogP contribution >= 0.6 is 0 Å². The molecule has 0 aliphatic rings. The lowest BCUT2D eigenvalue weighted by Gasteiger charge is -2.17. The van der Waals surface area contributed by atoms with Gasteiger partial charge in [-0.1, -0.05) is 129 Å².